The summed E-state index contributed by atoms with van der Waals surface area (Å²) < 4.78 is 0. The van der Waals surface area contributed by atoms with Crippen molar-refractivity contribution in [2.75, 3.05) is 5.75 Å². The highest BCUT2D eigenvalue weighted by Gasteiger charge is 2.20. The van der Waals surface area contributed by atoms with Gasteiger partial charge in [-0.05, 0) is 31.5 Å². The summed E-state index contributed by atoms with van der Waals surface area (Å²) in [7, 11) is 0. The third kappa shape index (κ3) is 3.64. The van der Waals surface area contributed by atoms with Crippen LogP contribution in [0.15, 0.2) is 65.8 Å². The van der Waals surface area contributed by atoms with Gasteiger partial charge in [-0.2, -0.15) is 0 Å². The monoisotopic (exact) mass is 373 g/mol. The van der Waals surface area contributed by atoms with Crippen LogP contribution in [0, 0.1) is 13.8 Å². The quantitative estimate of drug-likeness (QED) is 0.296. The van der Waals surface area contributed by atoms with Crippen LogP contribution in [0.5, 0.6) is 0 Å². The smallest absolute Gasteiger partial charge is 0.188 e. The Labute approximate surface area is 162 Å². The molecule has 0 fully saturated rings. The topological polar surface area (TPSA) is 58.6 Å². The number of hydrogen-bond donors (Lipinski definition) is 1. The Bertz CT molecular complexity index is 1100. The molecule has 0 radical (unpaired) electrons. The van der Waals surface area contributed by atoms with E-state index >= 15 is 0 Å². The van der Waals surface area contributed by atoms with E-state index in [0.29, 0.717) is 10.9 Å². The maximum atomic E-state index is 13.2. The number of thioether (sulfide) groups is 1. The summed E-state index contributed by atoms with van der Waals surface area (Å²) in [6.45, 7) is 3.88. The largest absolute Gasteiger partial charge is 0.354 e. The molecule has 0 spiro atoms. The molecule has 2 aromatic carbocycles. The van der Waals surface area contributed by atoms with Gasteiger partial charge in [0.15, 0.2) is 10.9 Å². The Morgan fingerprint density at radius 2 is 1.63 bits per heavy atom. The van der Waals surface area contributed by atoms with Gasteiger partial charge in [0.25, 0.3) is 0 Å². The first kappa shape index (κ1) is 17.5. The van der Waals surface area contributed by atoms with Crippen molar-refractivity contribution in [1.82, 2.24) is 15.0 Å². The van der Waals surface area contributed by atoms with Gasteiger partial charge in [0.05, 0.1) is 17.0 Å². The van der Waals surface area contributed by atoms with E-state index in [9.17, 15) is 4.79 Å². The minimum Gasteiger partial charge on any atom is -0.354 e. The molecule has 0 atom stereocenters. The number of rotatable bonds is 5. The molecule has 0 saturated heterocycles. The summed E-state index contributed by atoms with van der Waals surface area (Å²) in [5.74, 6) is 0.365. The van der Waals surface area contributed by atoms with Gasteiger partial charge < -0.3 is 4.98 Å². The van der Waals surface area contributed by atoms with Crippen molar-refractivity contribution < 1.29 is 4.79 Å². The van der Waals surface area contributed by atoms with Gasteiger partial charge in [0, 0.05) is 22.3 Å². The number of aromatic amines is 1. The van der Waals surface area contributed by atoms with E-state index < -0.39 is 0 Å². The number of nitrogens with one attached hydrogen (secondary N) is 1. The summed E-state index contributed by atoms with van der Waals surface area (Å²) in [5, 5.41) is 1.59. The van der Waals surface area contributed by atoms with Crippen LogP contribution in [-0.4, -0.2) is 26.5 Å². The molecule has 0 aliphatic heterocycles. The Balaban J connectivity index is 1.70. The van der Waals surface area contributed by atoms with E-state index in [-0.39, 0.29) is 5.78 Å². The van der Waals surface area contributed by atoms with Crippen molar-refractivity contribution in [1.29, 1.82) is 0 Å². The van der Waals surface area contributed by atoms with E-state index in [1.54, 1.807) is 0 Å². The lowest BCUT2D eigenvalue weighted by molar-refractivity contribution is 0.102. The first-order chi connectivity index (χ1) is 13.1. The van der Waals surface area contributed by atoms with E-state index in [4.69, 9.17) is 0 Å². The van der Waals surface area contributed by atoms with Crippen LogP contribution in [0.2, 0.25) is 0 Å². The lowest BCUT2D eigenvalue weighted by atomic mass is 10.0. The molecule has 0 aliphatic carbocycles. The number of ketones is 1. The summed E-state index contributed by atoms with van der Waals surface area (Å²) in [6.07, 6.45) is 0. The molecule has 0 aliphatic rings. The second kappa shape index (κ2) is 7.37. The molecule has 0 saturated carbocycles. The summed E-state index contributed by atoms with van der Waals surface area (Å²) in [5.41, 5.74) is 5.39. The number of carbonyl (C=O) groups is 1. The average Bonchev–Trinajstić information content (AvgIpc) is 3.06. The number of nitrogens with zero attached hydrogens (tertiary/aromatic N) is 2. The number of H-pyrrole nitrogens is 1. The van der Waals surface area contributed by atoms with Gasteiger partial charge in [-0.15, -0.1) is 0 Å². The highest BCUT2D eigenvalue weighted by molar-refractivity contribution is 7.99. The molecule has 27 heavy (non-hydrogen) atoms. The summed E-state index contributed by atoms with van der Waals surface area (Å²) in [6, 6.07) is 19.8. The van der Waals surface area contributed by atoms with Crippen LogP contribution in [0.25, 0.3) is 22.2 Å². The second-order valence-corrected chi connectivity index (χ2v) is 7.37. The standard InChI is InChI=1S/C22H19N3OS/c1-14-12-15(2)24-22(23-14)27-13-19(26)20-17-10-6-7-11-18(17)25-21(20)16-8-4-3-5-9-16/h3-12,25H,13H2,1-2H3. The lowest BCUT2D eigenvalue weighted by Crippen LogP contribution is -2.05. The lowest BCUT2D eigenvalue weighted by Gasteiger charge is -2.05. The molecule has 4 nitrogen and oxygen atoms in total. The number of para-hydroxylation sites is 1. The Morgan fingerprint density at radius 1 is 0.963 bits per heavy atom. The predicted octanol–water partition coefficient (Wildman–Crippen LogP) is 5.22. The highest BCUT2D eigenvalue weighted by atomic mass is 32.2. The minimum atomic E-state index is 0.0686. The van der Waals surface area contributed by atoms with Crippen LogP contribution in [0.1, 0.15) is 21.7 Å². The van der Waals surface area contributed by atoms with Crippen LogP contribution < -0.4 is 0 Å². The zero-order valence-electron chi connectivity index (χ0n) is 15.2. The number of aryl methyl sites for hydroxylation is 2. The highest BCUT2D eigenvalue weighted by Crippen LogP contribution is 2.31. The molecular formula is C22H19N3OS. The van der Waals surface area contributed by atoms with Crippen molar-refractivity contribution in [2.24, 2.45) is 0 Å². The third-order valence-corrected chi connectivity index (χ3v) is 5.19. The van der Waals surface area contributed by atoms with Crippen molar-refractivity contribution in [2.45, 2.75) is 19.0 Å². The number of fused-ring (bicyclic) bond motifs is 1. The van der Waals surface area contributed by atoms with Gasteiger partial charge >= 0.3 is 0 Å². The maximum absolute atomic E-state index is 13.2. The predicted molar refractivity (Wildman–Crippen MR) is 110 cm³/mol. The Hall–Kier alpha value is -2.92. The number of Topliss-reactive ketones (excluding diaryl/α,β-unsaturated/α-hetero) is 1. The molecule has 2 heterocycles. The SMILES string of the molecule is Cc1cc(C)nc(SCC(=O)c2c(-c3ccccc3)[nH]c3ccccc23)n1. The zero-order valence-corrected chi connectivity index (χ0v) is 16.0. The molecule has 0 bridgehead atoms. The molecule has 0 amide bonds. The van der Waals surface area contributed by atoms with E-state index in [1.165, 1.54) is 11.8 Å². The molecular weight excluding hydrogens is 354 g/mol. The van der Waals surface area contributed by atoms with Crippen molar-refractivity contribution >= 4 is 28.4 Å². The fraction of sp³-hybridized carbons (Fsp3) is 0.136. The zero-order chi connectivity index (χ0) is 18.8. The summed E-state index contributed by atoms with van der Waals surface area (Å²) >= 11 is 1.38. The van der Waals surface area contributed by atoms with E-state index in [1.807, 2.05) is 74.5 Å². The Kier molecular flexibility index (Phi) is 4.77. The van der Waals surface area contributed by atoms with E-state index in [2.05, 4.69) is 15.0 Å². The number of hydrogen-bond acceptors (Lipinski definition) is 4. The summed E-state index contributed by atoms with van der Waals surface area (Å²) in [4.78, 5) is 25.4. The molecule has 1 N–H and O–H groups in total. The van der Waals surface area contributed by atoms with Gasteiger partial charge in [-0.25, -0.2) is 9.97 Å². The second-order valence-electron chi connectivity index (χ2n) is 6.43. The van der Waals surface area contributed by atoms with E-state index in [0.717, 1.165) is 39.1 Å². The molecule has 4 aromatic rings. The normalized spacial score (nSPS) is 11.0. The molecule has 134 valence electrons. The first-order valence-corrected chi connectivity index (χ1v) is 9.75. The fourth-order valence-electron chi connectivity index (χ4n) is 3.21. The fourth-order valence-corrected chi connectivity index (χ4v) is 4.03. The average molecular weight is 373 g/mol. The maximum Gasteiger partial charge on any atom is 0.188 e. The molecule has 2 aromatic heterocycles. The van der Waals surface area contributed by atoms with Crippen LogP contribution >= 0.6 is 11.8 Å². The number of aromatic nitrogens is 3. The first-order valence-electron chi connectivity index (χ1n) is 8.76. The van der Waals surface area contributed by atoms with Gasteiger partial charge in [-0.3, -0.25) is 4.79 Å². The van der Waals surface area contributed by atoms with Crippen molar-refractivity contribution in [3.8, 4) is 11.3 Å². The molecule has 0 unspecified atom stereocenters. The van der Waals surface area contributed by atoms with Crippen LogP contribution in [0.3, 0.4) is 0 Å². The van der Waals surface area contributed by atoms with Crippen molar-refractivity contribution in [3.63, 3.8) is 0 Å². The van der Waals surface area contributed by atoms with Crippen LogP contribution in [0.4, 0.5) is 0 Å². The minimum absolute atomic E-state index is 0.0686. The Morgan fingerprint density at radius 3 is 2.37 bits per heavy atom. The molecule has 5 heteroatoms. The van der Waals surface area contributed by atoms with Gasteiger partial charge in [0.1, 0.15) is 0 Å². The third-order valence-electron chi connectivity index (χ3n) is 4.34. The molecule has 4 rings (SSSR count). The number of carbonyl (C=O) groups excluding carboxylic acids is 1. The van der Waals surface area contributed by atoms with Gasteiger partial charge in [0.2, 0.25) is 0 Å². The van der Waals surface area contributed by atoms with Gasteiger partial charge in [-0.1, -0.05) is 60.3 Å². The van der Waals surface area contributed by atoms with Crippen LogP contribution in [-0.2, 0) is 0 Å². The van der Waals surface area contributed by atoms with Crippen molar-refractivity contribution in [3.05, 3.63) is 77.6 Å². The number of benzene rings is 2.